The van der Waals surface area contributed by atoms with Gasteiger partial charge in [-0.05, 0) is 48.6 Å². The highest BCUT2D eigenvalue weighted by Gasteiger charge is 2.13. The Balaban J connectivity index is 1.93. The van der Waals surface area contributed by atoms with Crippen molar-refractivity contribution in [2.75, 3.05) is 5.32 Å². The van der Waals surface area contributed by atoms with E-state index in [1.54, 1.807) is 36.4 Å². The molecule has 0 aliphatic rings. The summed E-state index contributed by atoms with van der Waals surface area (Å²) < 4.78 is 5.73. The lowest BCUT2D eigenvalue weighted by Crippen LogP contribution is -2.32. The molecule has 2 N–H and O–H groups in total. The number of benzene rings is 2. The van der Waals surface area contributed by atoms with Crippen LogP contribution in [0.2, 0.25) is 10.0 Å². The molecule has 3 aromatic rings. The maximum absolute atomic E-state index is 11.0. The molecule has 0 atom stereocenters. The minimum atomic E-state index is -0.243. The molecule has 0 saturated carbocycles. The monoisotopic (exact) mass is 379 g/mol. The first-order chi connectivity index (χ1) is 11.4. The highest BCUT2D eigenvalue weighted by atomic mass is 35.5. The van der Waals surface area contributed by atoms with Crippen molar-refractivity contribution in [1.29, 1.82) is 0 Å². The fraction of sp³-hybridized carbons (Fsp3) is 0.0625. The third-order valence-electron chi connectivity index (χ3n) is 3.09. The van der Waals surface area contributed by atoms with Crippen LogP contribution in [0.3, 0.4) is 0 Å². The molecule has 0 bridgehead atoms. The van der Waals surface area contributed by atoms with Gasteiger partial charge in [-0.15, -0.1) is 0 Å². The summed E-state index contributed by atoms with van der Waals surface area (Å²) in [5.74, 6) is 0.131. The van der Waals surface area contributed by atoms with Crippen molar-refractivity contribution in [1.82, 2.24) is 10.3 Å². The highest BCUT2D eigenvalue weighted by molar-refractivity contribution is 7.80. The average Bonchev–Trinajstić information content (AvgIpc) is 2.91. The summed E-state index contributed by atoms with van der Waals surface area (Å²) in [7, 11) is 0. The van der Waals surface area contributed by atoms with Crippen LogP contribution >= 0.6 is 35.4 Å². The van der Waals surface area contributed by atoms with E-state index in [9.17, 15) is 4.79 Å². The molecule has 0 radical (unpaired) electrons. The number of hydrogen-bond donors (Lipinski definition) is 2. The van der Waals surface area contributed by atoms with Crippen LogP contribution in [-0.4, -0.2) is 16.0 Å². The van der Waals surface area contributed by atoms with Crippen molar-refractivity contribution in [2.45, 2.75) is 6.92 Å². The summed E-state index contributed by atoms with van der Waals surface area (Å²) in [6.45, 7) is 1.38. The third-order valence-corrected chi connectivity index (χ3v) is 3.86. The standard InChI is InChI=1S/C16H11Cl2N3O2S/c1-8(22)19-16(24)20-10-3-5-14-13(7-10)21-15(23-14)11-6-9(17)2-4-12(11)18/h2-7H,1H3,(H2,19,20,22,24). The van der Waals surface area contributed by atoms with Gasteiger partial charge in [-0.2, -0.15) is 0 Å². The second-order valence-corrected chi connectivity index (χ2v) is 6.21. The quantitative estimate of drug-likeness (QED) is 0.635. The smallest absolute Gasteiger partial charge is 0.228 e. The van der Waals surface area contributed by atoms with Gasteiger partial charge in [-0.25, -0.2) is 4.98 Å². The van der Waals surface area contributed by atoms with E-state index < -0.39 is 0 Å². The highest BCUT2D eigenvalue weighted by Crippen LogP contribution is 2.32. The van der Waals surface area contributed by atoms with E-state index >= 15 is 0 Å². The van der Waals surface area contributed by atoms with Crippen molar-refractivity contribution in [3.8, 4) is 11.5 Å². The second-order valence-electron chi connectivity index (χ2n) is 4.96. The lowest BCUT2D eigenvalue weighted by molar-refractivity contribution is -0.117. The summed E-state index contributed by atoms with van der Waals surface area (Å²) in [6, 6.07) is 10.4. The van der Waals surface area contributed by atoms with Crippen LogP contribution in [0.4, 0.5) is 5.69 Å². The predicted octanol–water partition coefficient (Wildman–Crippen LogP) is 4.63. The summed E-state index contributed by atoms with van der Waals surface area (Å²) in [5, 5.41) is 6.64. The van der Waals surface area contributed by atoms with E-state index in [-0.39, 0.29) is 11.0 Å². The SMILES string of the molecule is CC(=O)NC(=S)Nc1ccc2oc(-c3cc(Cl)ccc3Cl)nc2c1. The van der Waals surface area contributed by atoms with Crippen LogP contribution in [0.25, 0.3) is 22.6 Å². The summed E-state index contributed by atoms with van der Waals surface area (Å²) in [5.41, 5.74) is 2.51. The molecule has 8 heteroatoms. The molecule has 1 aromatic heterocycles. The van der Waals surface area contributed by atoms with Gasteiger partial charge in [0.25, 0.3) is 0 Å². The molecule has 122 valence electrons. The van der Waals surface area contributed by atoms with Gasteiger partial charge in [0.2, 0.25) is 11.8 Å². The number of amides is 1. The maximum Gasteiger partial charge on any atom is 0.228 e. The van der Waals surface area contributed by atoms with Gasteiger partial charge in [0.05, 0.1) is 10.6 Å². The van der Waals surface area contributed by atoms with E-state index in [4.69, 9.17) is 39.8 Å². The summed E-state index contributed by atoms with van der Waals surface area (Å²) in [4.78, 5) is 15.4. The number of rotatable bonds is 2. The van der Waals surface area contributed by atoms with E-state index in [0.29, 0.717) is 38.3 Å². The number of carbonyl (C=O) groups is 1. The molecule has 0 spiro atoms. The Labute approximate surface area is 153 Å². The second kappa shape index (κ2) is 6.76. The van der Waals surface area contributed by atoms with Gasteiger partial charge in [0.1, 0.15) is 5.52 Å². The van der Waals surface area contributed by atoms with Gasteiger partial charge in [0, 0.05) is 17.6 Å². The minimum Gasteiger partial charge on any atom is -0.436 e. The Bertz CT molecular complexity index is 956. The number of nitrogens with one attached hydrogen (secondary N) is 2. The number of fused-ring (bicyclic) bond motifs is 1. The van der Waals surface area contributed by atoms with E-state index in [2.05, 4.69) is 15.6 Å². The van der Waals surface area contributed by atoms with Gasteiger partial charge < -0.3 is 15.1 Å². The van der Waals surface area contributed by atoms with Crippen molar-refractivity contribution >= 4 is 63.2 Å². The number of thiocarbonyl (C=S) groups is 1. The first kappa shape index (κ1) is 16.7. The maximum atomic E-state index is 11.0. The summed E-state index contributed by atoms with van der Waals surface area (Å²) in [6.07, 6.45) is 0. The van der Waals surface area contributed by atoms with Crippen LogP contribution in [0, 0.1) is 0 Å². The Hall–Kier alpha value is -2.15. The molecule has 2 aromatic carbocycles. The van der Waals surface area contributed by atoms with Crippen molar-refractivity contribution < 1.29 is 9.21 Å². The van der Waals surface area contributed by atoms with Gasteiger partial charge >= 0.3 is 0 Å². The normalized spacial score (nSPS) is 10.6. The zero-order valence-corrected chi connectivity index (χ0v) is 14.7. The molecule has 3 rings (SSSR count). The third kappa shape index (κ3) is 3.67. The number of nitrogens with zero attached hydrogens (tertiary/aromatic N) is 1. The topological polar surface area (TPSA) is 67.2 Å². The molecule has 1 amide bonds. The van der Waals surface area contributed by atoms with Crippen LogP contribution in [0.15, 0.2) is 40.8 Å². The van der Waals surface area contributed by atoms with Crippen LogP contribution in [-0.2, 0) is 4.79 Å². The molecule has 5 nitrogen and oxygen atoms in total. The number of carbonyl (C=O) groups excluding carboxylic acids is 1. The number of anilines is 1. The van der Waals surface area contributed by atoms with Gasteiger partial charge in [-0.1, -0.05) is 23.2 Å². The zero-order chi connectivity index (χ0) is 17.3. The predicted molar refractivity (Wildman–Crippen MR) is 99.5 cm³/mol. The van der Waals surface area contributed by atoms with Crippen molar-refractivity contribution in [3.05, 3.63) is 46.4 Å². The van der Waals surface area contributed by atoms with E-state index in [1.165, 1.54) is 6.92 Å². The van der Waals surface area contributed by atoms with Crippen molar-refractivity contribution in [2.24, 2.45) is 0 Å². The van der Waals surface area contributed by atoms with Crippen LogP contribution in [0.1, 0.15) is 6.92 Å². The molecule has 0 saturated heterocycles. The Morgan fingerprint density at radius 1 is 1.21 bits per heavy atom. The Morgan fingerprint density at radius 3 is 2.75 bits per heavy atom. The zero-order valence-electron chi connectivity index (χ0n) is 12.4. The van der Waals surface area contributed by atoms with Crippen LogP contribution < -0.4 is 10.6 Å². The molecule has 0 aliphatic heterocycles. The minimum absolute atomic E-state index is 0.212. The van der Waals surface area contributed by atoms with Gasteiger partial charge in [-0.3, -0.25) is 4.79 Å². The molecule has 24 heavy (non-hydrogen) atoms. The molecular formula is C16H11Cl2N3O2S. The van der Waals surface area contributed by atoms with Gasteiger partial charge in [0.15, 0.2) is 10.7 Å². The molecule has 0 fully saturated rings. The lowest BCUT2D eigenvalue weighted by Gasteiger charge is -2.07. The number of hydrogen-bond acceptors (Lipinski definition) is 4. The molecule has 0 unspecified atom stereocenters. The Kier molecular flexibility index (Phi) is 4.71. The average molecular weight is 380 g/mol. The molecule has 0 aliphatic carbocycles. The van der Waals surface area contributed by atoms with Crippen LogP contribution in [0.5, 0.6) is 0 Å². The number of halogens is 2. The molecule has 1 heterocycles. The number of oxazole rings is 1. The molecular weight excluding hydrogens is 369 g/mol. The fourth-order valence-electron chi connectivity index (χ4n) is 2.10. The summed E-state index contributed by atoms with van der Waals surface area (Å²) >= 11 is 17.2. The first-order valence-electron chi connectivity index (χ1n) is 6.87. The number of aromatic nitrogens is 1. The van der Waals surface area contributed by atoms with Crippen molar-refractivity contribution in [3.63, 3.8) is 0 Å². The Morgan fingerprint density at radius 2 is 2.00 bits per heavy atom. The lowest BCUT2D eigenvalue weighted by atomic mass is 10.2. The fourth-order valence-corrected chi connectivity index (χ4v) is 2.74. The van der Waals surface area contributed by atoms with E-state index in [0.717, 1.165) is 0 Å². The largest absolute Gasteiger partial charge is 0.436 e. The first-order valence-corrected chi connectivity index (χ1v) is 8.03. The van der Waals surface area contributed by atoms with E-state index in [1.807, 2.05) is 0 Å².